The lowest BCUT2D eigenvalue weighted by Gasteiger charge is -2.32. The summed E-state index contributed by atoms with van der Waals surface area (Å²) < 4.78 is 0. The molecule has 34 heavy (non-hydrogen) atoms. The normalized spacial score (nSPS) is 11.8. The molecule has 0 saturated heterocycles. The molecule has 1 atom stereocenters. The lowest BCUT2D eigenvalue weighted by atomic mass is 10.00. The van der Waals surface area contributed by atoms with E-state index in [0.29, 0.717) is 30.5 Å². The van der Waals surface area contributed by atoms with E-state index in [9.17, 15) is 9.59 Å². The van der Waals surface area contributed by atoms with Gasteiger partial charge in [0.1, 0.15) is 6.04 Å². The second-order valence-electron chi connectivity index (χ2n) is 9.10. The maximum atomic E-state index is 13.7. The molecular formula is C29H33ClN2O2. The van der Waals surface area contributed by atoms with Gasteiger partial charge in [-0.3, -0.25) is 9.59 Å². The Hall–Kier alpha value is -3.11. The molecule has 0 saturated carbocycles. The molecule has 178 valence electrons. The van der Waals surface area contributed by atoms with E-state index < -0.39 is 6.04 Å². The predicted molar refractivity (Wildman–Crippen MR) is 139 cm³/mol. The fraction of sp³-hybridized carbons (Fsp3) is 0.310. The van der Waals surface area contributed by atoms with E-state index in [-0.39, 0.29) is 18.2 Å². The summed E-state index contributed by atoms with van der Waals surface area (Å²) in [5, 5.41) is 3.69. The van der Waals surface area contributed by atoms with E-state index in [1.165, 1.54) is 0 Å². The van der Waals surface area contributed by atoms with E-state index in [0.717, 1.165) is 22.3 Å². The fourth-order valence-electron chi connectivity index (χ4n) is 3.84. The minimum absolute atomic E-state index is 0.0788. The summed E-state index contributed by atoms with van der Waals surface area (Å²) in [6.07, 6.45) is 0.681. The maximum Gasteiger partial charge on any atom is 0.243 e. The van der Waals surface area contributed by atoms with Crippen molar-refractivity contribution in [3.63, 3.8) is 0 Å². The van der Waals surface area contributed by atoms with Crippen LogP contribution in [0.3, 0.4) is 0 Å². The predicted octanol–water partition coefficient (Wildman–Crippen LogP) is 5.60. The highest BCUT2D eigenvalue weighted by atomic mass is 35.5. The number of hydrogen-bond donors (Lipinski definition) is 1. The third-order valence-electron chi connectivity index (χ3n) is 5.82. The van der Waals surface area contributed by atoms with Gasteiger partial charge in [-0.2, -0.15) is 0 Å². The zero-order valence-electron chi connectivity index (χ0n) is 20.1. The van der Waals surface area contributed by atoms with Crippen LogP contribution in [-0.4, -0.2) is 29.3 Å². The number of carbonyl (C=O) groups is 2. The van der Waals surface area contributed by atoms with Gasteiger partial charge in [-0.1, -0.05) is 92.2 Å². The van der Waals surface area contributed by atoms with Gasteiger partial charge in [0, 0.05) is 24.5 Å². The van der Waals surface area contributed by atoms with Gasteiger partial charge in [0.05, 0.1) is 6.42 Å². The molecule has 3 aromatic carbocycles. The second kappa shape index (κ2) is 12.4. The zero-order chi connectivity index (χ0) is 24.5. The molecule has 0 fully saturated rings. The first-order chi connectivity index (χ1) is 16.3. The number of aryl methyl sites for hydroxylation is 1. The molecule has 0 aliphatic carbocycles. The molecule has 4 nitrogen and oxygen atoms in total. The molecule has 5 heteroatoms. The summed E-state index contributed by atoms with van der Waals surface area (Å²) in [7, 11) is 0. The van der Waals surface area contributed by atoms with E-state index in [1.54, 1.807) is 4.90 Å². The molecule has 0 aliphatic rings. The van der Waals surface area contributed by atoms with Gasteiger partial charge in [-0.15, -0.1) is 0 Å². The first-order valence-electron chi connectivity index (χ1n) is 11.7. The van der Waals surface area contributed by atoms with Gasteiger partial charge in [-0.05, 0) is 47.2 Å². The summed E-state index contributed by atoms with van der Waals surface area (Å²) in [5.41, 5.74) is 3.97. The zero-order valence-corrected chi connectivity index (χ0v) is 20.9. The number of hydrogen-bond acceptors (Lipinski definition) is 2. The molecule has 0 spiro atoms. The number of halogens is 1. The van der Waals surface area contributed by atoms with E-state index in [1.807, 2.05) is 85.8 Å². The van der Waals surface area contributed by atoms with Crippen LogP contribution in [0.4, 0.5) is 0 Å². The number of nitrogens with one attached hydrogen (secondary N) is 1. The maximum absolute atomic E-state index is 13.7. The third kappa shape index (κ3) is 7.46. The second-order valence-corrected chi connectivity index (χ2v) is 9.53. The van der Waals surface area contributed by atoms with Crippen molar-refractivity contribution >= 4 is 23.4 Å². The standard InChI is InChI=1S/C29H33ClN2O2/c1-21(2)19-31-29(34)27(17-23-10-5-4-6-11-23)32(20-24-13-15-26(30)16-14-24)28(33)18-25-12-8-7-9-22(25)3/h4-16,21,27H,17-20H2,1-3H3,(H,31,34)/t27-/m1/s1. The van der Waals surface area contributed by atoms with Crippen LogP contribution in [0.25, 0.3) is 0 Å². The Morgan fingerprint density at radius 3 is 2.18 bits per heavy atom. The first-order valence-corrected chi connectivity index (χ1v) is 12.1. The Balaban J connectivity index is 1.96. The number of amides is 2. The lowest BCUT2D eigenvalue weighted by Crippen LogP contribution is -2.51. The van der Waals surface area contributed by atoms with Crippen LogP contribution in [0, 0.1) is 12.8 Å². The van der Waals surface area contributed by atoms with Crippen molar-refractivity contribution in [2.24, 2.45) is 5.92 Å². The highest BCUT2D eigenvalue weighted by Crippen LogP contribution is 2.19. The third-order valence-corrected chi connectivity index (χ3v) is 6.08. The van der Waals surface area contributed by atoms with Gasteiger partial charge in [0.15, 0.2) is 0 Å². The van der Waals surface area contributed by atoms with Crippen LogP contribution in [0.5, 0.6) is 0 Å². The van der Waals surface area contributed by atoms with E-state index in [2.05, 4.69) is 19.2 Å². The van der Waals surface area contributed by atoms with Crippen LogP contribution in [0.1, 0.15) is 36.1 Å². The molecular weight excluding hydrogens is 444 g/mol. The molecule has 0 radical (unpaired) electrons. The van der Waals surface area contributed by atoms with Crippen LogP contribution < -0.4 is 5.32 Å². The lowest BCUT2D eigenvalue weighted by molar-refractivity contribution is -0.140. The largest absolute Gasteiger partial charge is 0.354 e. The van der Waals surface area contributed by atoms with Gasteiger partial charge in [0.25, 0.3) is 0 Å². The first kappa shape index (κ1) is 25.5. The van der Waals surface area contributed by atoms with Crippen LogP contribution in [0.2, 0.25) is 5.02 Å². The van der Waals surface area contributed by atoms with Gasteiger partial charge in [-0.25, -0.2) is 0 Å². The molecule has 0 bridgehead atoms. The molecule has 0 aromatic heterocycles. The average Bonchev–Trinajstić information content (AvgIpc) is 2.83. The molecule has 0 heterocycles. The molecule has 2 amide bonds. The van der Waals surface area contributed by atoms with Gasteiger partial charge >= 0.3 is 0 Å². The van der Waals surface area contributed by atoms with Crippen molar-refractivity contribution in [1.82, 2.24) is 10.2 Å². The summed E-state index contributed by atoms with van der Waals surface area (Å²) in [6, 6.07) is 24.5. The van der Waals surface area contributed by atoms with Gasteiger partial charge < -0.3 is 10.2 Å². The Morgan fingerprint density at radius 2 is 1.53 bits per heavy atom. The molecule has 1 N–H and O–H groups in total. The highest BCUT2D eigenvalue weighted by Gasteiger charge is 2.30. The molecule has 3 rings (SSSR count). The van der Waals surface area contributed by atoms with Crippen molar-refractivity contribution < 1.29 is 9.59 Å². The van der Waals surface area contributed by atoms with Crippen molar-refractivity contribution in [3.8, 4) is 0 Å². The summed E-state index contributed by atoms with van der Waals surface area (Å²) in [5.74, 6) is 0.100. The summed E-state index contributed by atoms with van der Waals surface area (Å²) in [4.78, 5) is 28.9. The van der Waals surface area contributed by atoms with Gasteiger partial charge in [0.2, 0.25) is 11.8 Å². The van der Waals surface area contributed by atoms with Crippen LogP contribution >= 0.6 is 11.6 Å². The Bertz CT molecular complexity index is 1080. The molecule has 3 aromatic rings. The van der Waals surface area contributed by atoms with E-state index in [4.69, 9.17) is 11.6 Å². The average molecular weight is 477 g/mol. The Labute approximate surface area is 207 Å². The smallest absolute Gasteiger partial charge is 0.243 e. The number of nitrogens with zero attached hydrogens (tertiary/aromatic N) is 1. The number of rotatable bonds is 10. The van der Waals surface area contributed by atoms with Crippen LogP contribution in [-0.2, 0) is 29.0 Å². The Kier molecular flexibility index (Phi) is 9.29. The fourth-order valence-corrected chi connectivity index (χ4v) is 3.96. The topological polar surface area (TPSA) is 49.4 Å². The van der Waals surface area contributed by atoms with Crippen molar-refractivity contribution in [1.29, 1.82) is 0 Å². The minimum Gasteiger partial charge on any atom is -0.354 e. The SMILES string of the molecule is Cc1ccccc1CC(=O)N(Cc1ccc(Cl)cc1)[C@H](Cc1ccccc1)C(=O)NCC(C)C. The minimum atomic E-state index is -0.631. The van der Waals surface area contributed by atoms with Crippen molar-refractivity contribution in [2.45, 2.75) is 46.2 Å². The molecule has 0 aliphatic heterocycles. The Morgan fingerprint density at radius 1 is 0.882 bits per heavy atom. The van der Waals surface area contributed by atoms with Crippen molar-refractivity contribution in [2.75, 3.05) is 6.54 Å². The summed E-state index contributed by atoms with van der Waals surface area (Å²) in [6.45, 7) is 7.00. The number of benzene rings is 3. The van der Waals surface area contributed by atoms with Crippen LogP contribution in [0.15, 0.2) is 78.9 Å². The quantitative estimate of drug-likeness (QED) is 0.414. The van der Waals surface area contributed by atoms with Crippen molar-refractivity contribution in [3.05, 3.63) is 106 Å². The number of carbonyl (C=O) groups excluding carboxylic acids is 2. The summed E-state index contributed by atoms with van der Waals surface area (Å²) >= 11 is 6.08. The molecule has 0 unspecified atom stereocenters. The monoisotopic (exact) mass is 476 g/mol. The van der Waals surface area contributed by atoms with E-state index >= 15 is 0 Å². The highest BCUT2D eigenvalue weighted by molar-refractivity contribution is 6.30.